The molecule has 1 aromatic heterocycles. The van der Waals surface area contributed by atoms with Gasteiger partial charge in [0.2, 0.25) is 0 Å². The Bertz CT molecular complexity index is 267. The van der Waals surface area contributed by atoms with Gasteiger partial charge >= 0.3 is 0 Å². The Morgan fingerprint density at radius 3 is 3.00 bits per heavy atom. The molecule has 3 heteroatoms. The molecule has 0 radical (unpaired) electrons. The van der Waals surface area contributed by atoms with Crippen LogP contribution in [-0.4, -0.2) is 5.11 Å². The van der Waals surface area contributed by atoms with Gasteiger partial charge in [-0.05, 0) is 35.8 Å². The summed E-state index contributed by atoms with van der Waals surface area (Å²) in [7, 11) is 0. The summed E-state index contributed by atoms with van der Waals surface area (Å²) >= 11 is 1.59. The van der Waals surface area contributed by atoms with Crippen molar-refractivity contribution in [3.05, 3.63) is 21.9 Å². The number of rotatable bonds is 3. The van der Waals surface area contributed by atoms with Crippen molar-refractivity contribution < 1.29 is 5.11 Å². The highest BCUT2D eigenvalue weighted by atomic mass is 32.1. The van der Waals surface area contributed by atoms with E-state index in [0.29, 0.717) is 5.92 Å². The van der Waals surface area contributed by atoms with Gasteiger partial charge in [-0.2, -0.15) is 0 Å². The molecule has 66 valence electrons. The van der Waals surface area contributed by atoms with Crippen molar-refractivity contribution in [3.63, 3.8) is 0 Å². The maximum absolute atomic E-state index is 9.01. The lowest BCUT2D eigenvalue weighted by Crippen LogP contribution is -2.12. The van der Waals surface area contributed by atoms with E-state index in [4.69, 9.17) is 10.8 Å². The van der Waals surface area contributed by atoms with E-state index in [1.807, 2.05) is 11.4 Å². The molecule has 1 heterocycles. The number of aliphatic hydroxyl groups is 1. The molecule has 0 aliphatic heterocycles. The lowest BCUT2D eigenvalue weighted by molar-refractivity contribution is 0.283. The van der Waals surface area contributed by atoms with Gasteiger partial charge in [0.25, 0.3) is 0 Å². The molecule has 3 N–H and O–H groups in total. The van der Waals surface area contributed by atoms with Crippen LogP contribution in [0, 0.1) is 5.92 Å². The van der Waals surface area contributed by atoms with Crippen molar-refractivity contribution in [2.45, 2.75) is 25.5 Å². The molecular weight excluding hydrogens is 170 g/mol. The van der Waals surface area contributed by atoms with E-state index in [2.05, 4.69) is 0 Å². The van der Waals surface area contributed by atoms with Gasteiger partial charge in [0.05, 0.1) is 6.61 Å². The molecule has 1 fully saturated rings. The molecule has 1 atom stereocenters. The Hall–Kier alpha value is -0.380. The maximum Gasteiger partial charge on any atom is 0.0777 e. The van der Waals surface area contributed by atoms with E-state index >= 15 is 0 Å². The predicted octanol–water partition coefficient (Wildman–Crippen LogP) is 1.65. The van der Waals surface area contributed by atoms with Crippen molar-refractivity contribution >= 4 is 11.3 Å². The van der Waals surface area contributed by atoms with Gasteiger partial charge in [-0.25, -0.2) is 0 Å². The Balaban J connectivity index is 2.19. The van der Waals surface area contributed by atoms with Crippen molar-refractivity contribution in [1.29, 1.82) is 0 Å². The van der Waals surface area contributed by atoms with Gasteiger partial charge in [0.15, 0.2) is 0 Å². The molecule has 2 rings (SSSR count). The topological polar surface area (TPSA) is 46.2 Å². The Morgan fingerprint density at radius 1 is 1.67 bits per heavy atom. The number of aliphatic hydroxyl groups excluding tert-OH is 1. The first-order valence-corrected chi connectivity index (χ1v) is 5.13. The van der Waals surface area contributed by atoms with Crippen LogP contribution < -0.4 is 5.73 Å². The van der Waals surface area contributed by atoms with Gasteiger partial charge in [0, 0.05) is 10.9 Å². The zero-order chi connectivity index (χ0) is 8.55. The largest absolute Gasteiger partial charge is 0.391 e. The van der Waals surface area contributed by atoms with Crippen molar-refractivity contribution in [1.82, 2.24) is 0 Å². The predicted molar refractivity (Wildman–Crippen MR) is 49.9 cm³/mol. The summed E-state index contributed by atoms with van der Waals surface area (Å²) < 4.78 is 0. The monoisotopic (exact) mass is 183 g/mol. The van der Waals surface area contributed by atoms with Crippen molar-refractivity contribution in [2.24, 2.45) is 11.7 Å². The highest BCUT2D eigenvalue weighted by Gasteiger charge is 2.30. The van der Waals surface area contributed by atoms with Crippen LogP contribution in [-0.2, 0) is 6.61 Å². The summed E-state index contributed by atoms with van der Waals surface area (Å²) in [4.78, 5) is 1.04. The minimum atomic E-state index is 0.132. The molecule has 1 aromatic rings. The van der Waals surface area contributed by atoms with Crippen LogP contribution in [0.5, 0.6) is 0 Å². The van der Waals surface area contributed by atoms with E-state index in [-0.39, 0.29) is 12.6 Å². The van der Waals surface area contributed by atoms with Crippen LogP contribution >= 0.6 is 11.3 Å². The number of thiophene rings is 1. The number of hydrogen-bond acceptors (Lipinski definition) is 3. The fourth-order valence-electron chi connectivity index (χ4n) is 1.49. The second-order valence-corrected chi connectivity index (χ2v) is 4.32. The molecule has 0 saturated heterocycles. The fourth-order valence-corrected chi connectivity index (χ4v) is 2.28. The zero-order valence-corrected chi connectivity index (χ0v) is 7.68. The summed E-state index contributed by atoms with van der Waals surface area (Å²) in [5, 5.41) is 11.0. The van der Waals surface area contributed by atoms with Crippen molar-refractivity contribution in [3.8, 4) is 0 Å². The highest BCUT2D eigenvalue weighted by molar-refractivity contribution is 7.10. The molecule has 1 aliphatic carbocycles. The zero-order valence-electron chi connectivity index (χ0n) is 6.86. The average Bonchev–Trinajstić information content (AvgIpc) is 2.82. The average molecular weight is 183 g/mol. The maximum atomic E-state index is 9.01. The quantitative estimate of drug-likeness (QED) is 0.748. The van der Waals surface area contributed by atoms with E-state index in [1.54, 1.807) is 11.3 Å². The van der Waals surface area contributed by atoms with Gasteiger partial charge in [-0.15, -0.1) is 11.3 Å². The van der Waals surface area contributed by atoms with E-state index < -0.39 is 0 Å². The van der Waals surface area contributed by atoms with Gasteiger partial charge in [-0.3, -0.25) is 0 Å². The molecule has 2 nitrogen and oxygen atoms in total. The Morgan fingerprint density at radius 2 is 2.42 bits per heavy atom. The standard InChI is InChI=1S/C9H13NOS/c10-9(6-1-2-6)7-3-4-12-8(7)5-11/h3-4,6,9,11H,1-2,5,10H2/t9-/m0/s1. The third-order valence-corrected chi connectivity index (χ3v) is 3.33. The molecule has 0 unspecified atom stereocenters. The van der Waals surface area contributed by atoms with Crippen LogP contribution in [0.2, 0.25) is 0 Å². The van der Waals surface area contributed by atoms with Crippen LogP contribution in [0.4, 0.5) is 0 Å². The molecular formula is C9H13NOS. The lowest BCUT2D eigenvalue weighted by Gasteiger charge is -2.09. The summed E-state index contributed by atoms with van der Waals surface area (Å²) in [6.07, 6.45) is 2.50. The summed E-state index contributed by atoms with van der Waals surface area (Å²) in [6, 6.07) is 2.21. The molecule has 0 bridgehead atoms. The summed E-state index contributed by atoms with van der Waals surface area (Å²) in [5.74, 6) is 0.671. The van der Waals surface area contributed by atoms with Gasteiger partial charge < -0.3 is 10.8 Å². The third kappa shape index (κ3) is 1.40. The van der Waals surface area contributed by atoms with Gasteiger partial charge in [0.1, 0.15) is 0 Å². The Kier molecular flexibility index (Phi) is 2.17. The van der Waals surface area contributed by atoms with E-state index in [1.165, 1.54) is 12.8 Å². The smallest absolute Gasteiger partial charge is 0.0777 e. The van der Waals surface area contributed by atoms with Crippen LogP contribution in [0.1, 0.15) is 29.3 Å². The molecule has 0 aromatic carbocycles. The molecule has 1 saturated carbocycles. The highest BCUT2D eigenvalue weighted by Crippen LogP contribution is 2.41. The van der Waals surface area contributed by atoms with Gasteiger partial charge in [-0.1, -0.05) is 0 Å². The molecule has 0 spiro atoms. The third-order valence-electron chi connectivity index (χ3n) is 2.41. The normalized spacial score (nSPS) is 19.5. The van der Waals surface area contributed by atoms with Crippen LogP contribution in [0.25, 0.3) is 0 Å². The second-order valence-electron chi connectivity index (χ2n) is 3.32. The summed E-state index contributed by atoms with van der Waals surface area (Å²) in [6.45, 7) is 0.132. The molecule has 0 amide bonds. The molecule has 12 heavy (non-hydrogen) atoms. The SMILES string of the molecule is N[C@H](c1ccsc1CO)C1CC1. The van der Waals surface area contributed by atoms with Crippen LogP contribution in [0.15, 0.2) is 11.4 Å². The molecule has 1 aliphatic rings. The lowest BCUT2D eigenvalue weighted by atomic mass is 10.0. The van der Waals surface area contributed by atoms with Crippen molar-refractivity contribution in [2.75, 3.05) is 0 Å². The fraction of sp³-hybridized carbons (Fsp3) is 0.556. The number of hydrogen-bond donors (Lipinski definition) is 2. The first kappa shape index (κ1) is 8.23. The summed E-state index contributed by atoms with van der Waals surface area (Å²) in [5.41, 5.74) is 7.17. The minimum absolute atomic E-state index is 0.132. The minimum Gasteiger partial charge on any atom is -0.391 e. The second kappa shape index (κ2) is 3.17. The first-order chi connectivity index (χ1) is 5.83. The Labute approximate surface area is 76.0 Å². The van der Waals surface area contributed by atoms with E-state index in [9.17, 15) is 0 Å². The van der Waals surface area contributed by atoms with Crippen LogP contribution in [0.3, 0.4) is 0 Å². The van der Waals surface area contributed by atoms with E-state index in [0.717, 1.165) is 10.4 Å². The first-order valence-electron chi connectivity index (χ1n) is 4.25. The number of nitrogens with two attached hydrogens (primary N) is 1.